The van der Waals surface area contributed by atoms with E-state index < -0.39 is 6.10 Å². The summed E-state index contributed by atoms with van der Waals surface area (Å²) >= 11 is 0. The molecule has 0 saturated heterocycles. The van der Waals surface area contributed by atoms with Crippen LogP contribution in [0.3, 0.4) is 0 Å². The molecular formula is C14H18N4O3. The maximum Gasteiger partial charge on any atom is 0.345 e. The Kier molecular flexibility index (Phi) is 4.54. The molecule has 21 heavy (non-hydrogen) atoms. The molecule has 1 unspecified atom stereocenters. The number of hydrogen-bond donors (Lipinski definition) is 2. The van der Waals surface area contributed by atoms with Crippen LogP contribution in [0.4, 0.5) is 0 Å². The molecule has 1 aromatic heterocycles. The van der Waals surface area contributed by atoms with E-state index in [1.165, 1.54) is 10.9 Å². The number of amides is 1. The Morgan fingerprint density at radius 2 is 2.05 bits per heavy atom. The molecule has 1 aromatic carbocycles. The van der Waals surface area contributed by atoms with Crippen molar-refractivity contribution < 1.29 is 9.90 Å². The minimum absolute atomic E-state index is 0.0868. The summed E-state index contributed by atoms with van der Waals surface area (Å²) in [5.41, 5.74) is 1.48. The molecule has 112 valence electrons. The zero-order valence-electron chi connectivity index (χ0n) is 12.0. The number of nitrogens with one attached hydrogen (secondary N) is 1. The van der Waals surface area contributed by atoms with Crippen molar-refractivity contribution in [2.24, 2.45) is 7.05 Å². The number of aromatic nitrogens is 3. The Morgan fingerprint density at radius 3 is 2.62 bits per heavy atom. The van der Waals surface area contributed by atoms with Crippen molar-refractivity contribution >= 4 is 5.91 Å². The van der Waals surface area contributed by atoms with Crippen molar-refractivity contribution in [2.45, 2.75) is 19.6 Å². The Labute approximate surface area is 121 Å². The van der Waals surface area contributed by atoms with Crippen LogP contribution in [0.1, 0.15) is 17.2 Å². The molecule has 0 aliphatic carbocycles. The monoisotopic (exact) mass is 290 g/mol. The number of carbonyl (C=O) groups is 1. The highest BCUT2D eigenvalue weighted by atomic mass is 16.3. The van der Waals surface area contributed by atoms with Gasteiger partial charge in [-0.15, -0.1) is 0 Å². The van der Waals surface area contributed by atoms with Gasteiger partial charge < -0.3 is 10.4 Å². The van der Waals surface area contributed by atoms with Gasteiger partial charge in [-0.1, -0.05) is 29.8 Å². The van der Waals surface area contributed by atoms with Gasteiger partial charge in [0.05, 0.1) is 6.10 Å². The molecule has 2 aromatic rings. The lowest BCUT2D eigenvalue weighted by molar-refractivity contribution is -0.122. The van der Waals surface area contributed by atoms with E-state index in [0.29, 0.717) is 0 Å². The smallest absolute Gasteiger partial charge is 0.345 e. The average Bonchev–Trinajstić information content (AvgIpc) is 2.77. The zero-order valence-corrected chi connectivity index (χ0v) is 12.0. The van der Waals surface area contributed by atoms with E-state index in [4.69, 9.17) is 0 Å². The van der Waals surface area contributed by atoms with Crippen LogP contribution in [0.15, 0.2) is 35.4 Å². The Balaban J connectivity index is 1.87. The molecule has 1 atom stereocenters. The van der Waals surface area contributed by atoms with Crippen molar-refractivity contribution in [3.63, 3.8) is 0 Å². The number of hydrogen-bond acceptors (Lipinski definition) is 4. The summed E-state index contributed by atoms with van der Waals surface area (Å²) in [4.78, 5) is 23.3. The molecule has 0 fully saturated rings. The van der Waals surface area contributed by atoms with Gasteiger partial charge in [-0.25, -0.2) is 9.48 Å². The summed E-state index contributed by atoms with van der Waals surface area (Å²) in [5, 5.41) is 16.4. The third kappa shape index (κ3) is 3.79. The topological polar surface area (TPSA) is 89.2 Å². The van der Waals surface area contributed by atoms with Crippen LogP contribution in [0.5, 0.6) is 0 Å². The van der Waals surface area contributed by atoms with Gasteiger partial charge in [0.2, 0.25) is 5.91 Å². The summed E-state index contributed by atoms with van der Waals surface area (Å²) in [6.07, 6.45) is 0.562. The zero-order chi connectivity index (χ0) is 15.4. The molecule has 2 N–H and O–H groups in total. The second-order valence-corrected chi connectivity index (χ2v) is 4.91. The molecule has 0 aliphatic heterocycles. The fourth-order valence-electron chi connectivity index (χ4n) is 1.84. The number of aryl methyl sites for hydroxylation is 2. The number of benzene rings is 1. The molecule has 0 saturated carbocycles. The molecule has 1 amide bonds. The predicted octanol–water partition coefficient (Wildman–Crippen LogP) is -0.260. The van der Waals surface area contributed by atoms with E-state index in [9.17, 15) is 14.7 Å². The van der Waals surface area contributed by atoms with Gasteiger partial charge in [-0.05, 0) is 12.5 Å². The van der Waals surface area contributed by atoms with Crippen molar-refractivity contribution in [3.8, 4) is 0 Å². The van der Waals surface area contributed by atoms with Gasteiger partial charge in [0.25, 0.3) is 0 Å². The normalized spacial score (nSPS) is 12.1. The highest BCUT2D eigenvalue weighted by Gasteiger charge is 2.11. The summed E-state index contributed by atoms with van der Waals surface area (Å²) in [5.74, 6) is -0.373. The van der Waals surface area contributed by atoms with Crippen LogP contribution in [0.25, 0.3) is 0 Å². The van der Waals surface area contributed by atoms with E-state index in [1.807, 2.05) is 31.2 Å². The standard InChI is InChI=1S/C14H18N4O3/c1-10-3-5-11(6-4-10)12(19)7-15-13(20)8-18-14(21)17(2)9-16-18/h3-6,9,12,19H,7-8H2,1-2H3,(H,15,20). The van der Waals surface area contributed by atoms with Gasteiger partial charge in [0.1, 0.15) is 12.9 Å². The predicted molar refractivity (Wildman–Crippen MR) is 76.6 cm³/mol. The average molecular weight is 290 g/mol. The van der Waals surface area contributed by atoms with E-state index in [-0.39, 0.29) is 24.7 Å². The second-order valence-electron chi connectivity index (χ2n) is 4.91. The molecule has 0 spiro atoms. The number of nitrogens with zero attached hydrogens (tertiary/aromatic N) is 3. The van der Waals surface area contributed by atoms with Gasteiger partial charge >= 0.3 is 5.69 Å². The lowest BCUT2D eigenvalue weighted by Crippen LogP contribution is -2.35. The maximum atomic E-state index is 11.7. The van der Waals surface area contributed by atoms with Crippen LogP contribution in [0, 0.1) is 6.92 Å². The summed E-state index contributed by atoms with van der Waals surface area (Å²) < 4.78 is 2.35. The van der Waals surface area contributed by atoms with Crippen molar-refractivity contribution in [3.05, 3.63) is 52.2 Å². The van der Waals surface area contributed by atoms with E-state index >= 15 is 0 Å². The fourth-order valence-corrected chi connectivity index (χ4v) is 1.84. The quantitative estimate of drug-likeness (QED) is 0.794. The lowest BCUT2D eigenvalue weighted by Gasteiger charge is -2.12. The van der Waals surface area contributed by atoms with Crippen LogP contribution in [0.2, 0.25) is 0 Å². The SMILES string of the molecule is Cc1ccc(C(O)CNC(=O)Cn2ncn(C)c2=O)cc1. The number of aliphatic hydroxyl groups excluding tert-OH is 1. The third-order valence-electron chi connectivity index (χ3n) is 3.13. The first-order valence-corrected chi connectivity index (χ1v) is 6.57. The van der Waals surface area contributed by atoms with Crippen molar-refractivity contribution in [2.75, 3.05) is 6.54 Å². The number of carbonyl (C=O) groups excluding carboxylic acids is 1. The first kappa shape index (κ1) is 15.0. The maximum absolute atomic E-state index is 11.7. The van der Waals surface area contributed by atoms with E-state index in [0.717, 1.165) is 15.8 Å². The number of aliphatic hydroxyl groups is 1. The highest BCUT2D eigenvalue weighted by molar-refractivity contribution is 5.75. The van der Waals surface area contributed by atoms with Gasteiger partial charge in [-0.2, -0.15) is 5.10 Å². The minimum atomic E-state index is -0.782. The van der Waals surface area contributed by atoms with E-state index in [2.05, 4.69) is 10.4 Å². The second kappa shape index (κ2) is 6.36. The van der Waals surface area contributed by atoms with Gasteiger partial charge in [0.15, 0.2) is 0 Å². The Bertz CT molecular complexity index is 672. The van der Waals surface area contributed by atoms with Gasteiger partial charge in [0, 0.05) is 13.6 Å². The summed E-state index contributed by atoms with van der Waals surface area (Å²) in [6, 6.07) is 7.42. The first-order chi connectivity index (χ1) is 9.97. The van der Waals surface area contributed by atoms with Crippen LogP contribution in [-0.4, -0.2) is 31.9 Å². The van der Waals surface area contributed by atoms with Crippen LogP contribution >= 0.6 is 0 Å². The van der Waals surface area contributed by atoms with Crippen LogP contribution in [-0.2, 0) is 18.4 Å². The number of rotatable bonds is 5. The third-order valence-corrected chi connectivity index (χ3v) is 3.13. The first-order valence-electron chi connectivity index (χ1n) is 6.57. The Morgan fingerprint density at radius 1 is 1.38 bits per heavy atom. The molecule has 7 heteroatoms. The molecule has 0 aliphatic rings. The Hall–Kier alpha value is -2.41. The van der Waals surface area contributed by atoms with Crippen molar-refractivity contribution in [1.82, 2.24) is 19.7 Å². The molecule has 0 bridgehead atoms. The molecule has 7 nitrogen and oxygen atoms in total. The molecule has 1 heterocycles. The molecule has 2 rings (SSSR count). The lowest BCUT2D eigenvalue weighted by atomic mass is 10.1. The van der Waals surface area contributed by atoms with Crippen LogP contribution < -0.4 is 11.0 Å². The minimum Gasteiger partial charge on any atom is -0.387 e. The molecule has 0 radical (unpaired) electrons. The molecular weight excluding hydrogens is 272 g/mol. The summed E-state index contributed by atoms with van der Waals surface area (Å²) in [6.45, 7) is 1.88. The largest absolute Gasteiger partial charge is 0.387 e. The fraction of sp³-hybridized carbons (Fsp3) is 0.357. The van der Waals surface area contributed by atoms with E-state index in [1.54, 1.807) is 7.05 Å². The van der Waals surface area contributed by atoms with Crippen molar-refractivity contribution in [1.29, 1.82) is 0 Å². The summed E-state index contributed by atoms with van der Waals surface area (Å²) in [7, 11) is 1.56. The van der Waals surface area contributed by atoms with Gasteiger partial charge in [-0.3, -0.25) is 9.36 Å². The highest BCUT2D eigenvalue weighted by Crippen LogP contribution is 2.12.